The van der Waals surface area contributed by atoms with Crippen molar-refractivity contribution in [2.75, 3.05) is 25.4 Å². The first-order valence-corrected chi connectivity index (χ1v) is 11.1. The Morgan fingerprint density at radius 2 is 1.71 bits per heavy atom. The predicted octanol–water partition coefficient (Wildman–Crippen LogP) is 1.58. The van der Waals surface area contributed by atoms with Crippen molar-refractivity contribution in [3.63, 3.8) is 0 Å². The molecule has 8 heteroatoms. The van der Waals surface area contributed by atoms with Crippen LogP contribution < -0.4 is 5.32 Å². The Bertz CT molecular complexity index is 869. The number of hydrogen-bond donors (Lipinski definition) is 1. The molecular formula is C20H27N3O4S. The van der Waals surface area contributed by atoms with E-state index in [-0.39, 0.29) is 36.8 Å². The van der Waals surface area contributed by atoms with Gasteiger partial charge < -0.3 is 14.6 Å². The number of aromatic nitrogens is 1. The van der Waals surface area contributed by atoms with Crippen molar-refractivity contribution in [1.29, 1.82) is 0 Å². The van der Waals surface area contributed by atoms with Crippen LogP contribution in [0.1, 0.15) is 19.4 Å². The zero-order valence-corrected chi connectivity index (χ0v) is 17.1. The highest BCUT2D eigenvalue weighted by Crippen LogP contribution is 2.14. The SMILES string of the molecule is C[C@@H]1CN(S(=O)(=O)CCNC(=O)Cc2ccc(-n3cccc3)cc2)C[C@@H](C)O1. The zero-order valence-electron chi connectivity index (χ0n) is 16.2. The molecule has 1 saturated heterocycles. The number of amides is 1. The standard InChI is InChI=1S/C20H27N3O4S/c1-16-14-23(15-17(2)27-16)28(25,26)12-9-21-20(24)13-18-5-7-19(8-6-18)22-10-3-4-11-22/h3-8,10-11,16-17H,9,12-15H2,1-2H3,(H,21,24)/t16-,17-/m1/s1. The summed E-state index contributed by atoms with van der Waals surface area (Å²) >= 11 is 0. The van der Waals surface area contributed by atoms with Crippen LogP contribution in [0.15, 0.2) is 48.8 Å². The lowest BCUT2D eigenvalue weighted by molar-refractivity contribution is -0.120. The molecule has 2 atom stereocenters. The fourth-order valence-corrected chi connectivity index (χ4v) is 4.84. The fourth-order valence-electron chi connectivity index (χ4n) is 3.35. The number of carbonyl (C=O) groups is 1. The Labute approximate surface area is 166 Å². The molecular weight excluding hydrogens is 378 g/mol. The van der Waals surface area contributed by atoms with E-state index in [9.17, 15) is 13.2 Å². The first-order valence-electron chi connectivity index (χ1n) is 9.46. The smallest absolute Gasteiger partial charge is 0.224 e. The van der Waals surface area contributed by atoms with Gasteiger partial charge in [0.25, 0.3) is 0 Å². The largest absolute Gasteiger partial charge is 0.373 e. The van der Waals surface area contributed by atoms with Gasteiger partial charge in [0.2, 0.25) is 15.9 Å². The molecule has 0 saturated carbocycles. The minimum Gasteiger partial charge on any atom is -0.373 e. The number of morpholine rings is 1. The average molecular weight is 406 g/mol. The Kier molecular flexibility index (Phi) is 6.53. The van der Waals surface area contributed by atoms with Gasteiger partial charge in [-0.1, -0.05) is 12.1 Å². The maximum Gasteiger partial charge on any atom is 0.224 e. The van der Waals surface area contributed by atoms with Crippen molar-refractivity contribution in [3.05, 3.63) is 54.4 Å². The van der Waals surface area contributed by atoms with Crippen molar-refractivity contribution < 1.29 is 17.9 Å². The van der Waals surface area contributed by atoms with Crippen LogP contribution in [0.2, 0.25) is 0 Å². The molecule has 152 valence electrons. The quantitative estimate of drug-likeness (QED) is 0.758. The van der Waals surface area contributed by atoms with E-state index >= 15 is 0 Å². The molecule has 1 fully saturated rings. The molecule has 0 spiro atoms. The minimum absolute atomic E-state index is 0.0999. The Morgan fingerprint density at radius 3 is 2.32 bits per heavy atom. The lowest BCUT2D eigenvalue weighted by Gasteiger charge is -2.34. The summed E-state index contributed by atoms with van der Waals surface area (Å²) in [6.07, 6.45) is 3.89. The van der Waals surface area contributed by atoms with Crippen LogP contribution in [0.4, 0.5) is 0 Å². The summed E-state index contributed by atoms with van der Waals surface area (Å²) < 4.78 is 34.0. The summed E-state index contributed by atoms with van der Waals surface area (Å²) in [5.74, 6) is -0.294. The molecule has 0 unspecified atom stereocenters. The predicted molar refractivity (Wildman–Crippen MR) is 108 cm³/mol. The van der Waals surface area contributed by atoms with Crippen LogP contribution in [0, 0.1) is 0 Å². The van der Waals surface area contributed by atoms with Crippen LogP contribution in [0.3, 0.4) is 0 Å². The van der Waals surface area contributed by atoms with E-state index in [2.05, 4.69) is 5.32 Å². The van der Waals surface area contributed by atoms with Gasteiger partial charge in [-0.05, 0) is 43.7 Å². The Balaban J connectivity index is 1.46. The van der Waals surface area contributed by atoms with Crippen LogP contribution in [-0.2, 0) is 26.0 Å². The van der Waals surface area contributed by atoms with E-state index in [0.717, 1.165) is 11.3 Å². The summed E-state index contributed by atoms with van der Waals surface area (Å²) in [7, 11) is -3.41. The van der Waals surface area contributed by atoms with Gasteiger partial charge in [0.15, 0.2) is 0 Å². The van der Waals surface area contributed by atoms with Crippen molar-refractivity contribution in [2.45, 2.75) is 32.5 Å². The fraction of sp³-hybridized carbons (Fsp3) is 0.450. The number of ether oxygens (including phenoxy) is 1. The third kappa shape index (κ3) is 5.43. The Morgan fingerprint density at radius 1 is 1.11 bits per heavy atom. The van der Waals surface area contributed by atoms with Crippen molar-refractivity contribution >= 4 is 15.9 Å². The summed E-state index contributed by atoms with van der Waals surface area (Å²) in [6, 6.07) is 11.6. The first kappa shape index (κ1) is 20.6. The molecule has 28 heavy (non-hydrogen) atoms. The van der Waals surface area contributed by atoms with E-state index in [0.29, 0.717) is 13.1 Å². The lowest BCUT2D eigenvalue weighted by Crippen LogP contribution is -2.49. The second kappa shape index (κ2) is 8.89. The van der Waals surface area contributed by atoms with Gasteiger partial charge in [-0.2, -0.15) is 4.31 Å². The normalized spacial score (nSPS) is 20.8. The molecule has 0 aliphatic carbocycles. The molecule has 0 bridgehead atoms. The minimum atomic E-state index is -3.41. The summed E-state index contributed by atoms with van der Waals surface area (Å²) in [4.78, 5) is 12.1. The lowest BCUT2D eigenvalue weighted by atomic mass is 10.1. The van der Waals surface area contributed by atoms with Gasteiger partial charge in [0.1, 0.15) is 0 Å². The van der Waals surface area contributed by atoms with E-state index in [1.807, 2.05) is 67.2 Å². The zero-order chi connectivity index (χ0) is 20.1. The van der Waals surface area contributed by atoms with E-state index in [1.54, 1.807) is 0 Å². The molecule has 0 radical (unpaired) electrons. The van der Waals surface area contributed by atoms with Gasteiger partial charge in [-0.25, -0.2) is 8.42 Å². The van der Waals surface area contributed by atoms with Gasteiger partial charge >= 0.3 is 0 Å². The van der Waals surface area contributed by atoms with Gasteiger partial charge in [0, 0.05) is 37.7 Å². The number of nitrogens with zero attached hydrogens (tertiary/aromatic N) is 2. The summed E-state index contributed by atoms with van der Waals surface area (Å²) in [5, 5.41) is 2.71. The molecule has 2 heterocycles. The molecule has 1 N–H and O–H groups in total. The average Bonchev–Trinajstić information content (AvgIpc) is 3.16. The number of carbonyl (C=O) groups excluding carboxylic acids is 1. The van der Waals surface area contributed by atoms with Crippen molar-refractivity contribution in [3.8, 4) is 5.69 Å². The number of rotatable bonds is 7. The van der Waals surface area contributed by atoms with Gasteiger partial charge in [-0.15, -0.1) is 0 Å². The maximum absolute atomic E-state index is 12.5. The highest BCUT2D eigenvalue weighted by atomic mass is 32.2. The number of nitrogens with one attached hydrogen (secondary N) is 1. The van der Waals surface area contributed by atoms with Crippen LogP contribution >= 0.6 is 0 Å². The highest BCUT2D eigenvalue weighted by molar-refractivity contribution is 7.89. The number of sulfonamides is 1. The summed E-state index contributed by atoms with van der Waals surface area (Å²) in [6.45, 7) is 4.54. The summed E-state index contributed by atoms with van der Waals surface area (Å²) in [5.41, 5.74) is 1.90. The van der Waals surface area contributed by atoms with Crippen LogP contribution in [-0.4, -0.2) is 60.8 Å². The molecule has 1 aromatic heterocycles. The maximum atomic E-state index is 12.5. The third-order valence-corrected chi connectivity index (χ3v) is 6.47. The molecule has 1 aliphatic rings. The molecule has 1 aromatic carbocycles. The van der Waals surface area contributed by atoms with Crippen molar-refractivity contribution in [1.82, 2.24) is 14.2 Å². The molecule has 7 nitrogen and oxygen atoms in total. The van der Waals surface area contributed by atoms with E-state index in [4.69, 9.17) is 4.74 Å². The molecule has 3 rings (SSSR count). The molecule has 1 aliphatic heterocycles. The second-order valence-corrected chi connectivity index (χ2v) is 9.26. The van der Waals surface area contributed by atoms with Crippen molar-refractivity contribution in [2.24, 2.45) is 0 Å². The first-order chi connectivity index (χ1) is 13.3. The molecule has 1 amide bonds. The van der Waals surface area contributed by atoms with Gasteiger partial charge in [0.05, 0.1) is 24.4 Å². The number of benzene rings is 1. The topological polar surface area (TPSA) is 80.6 Å². The third-order valence-electron chi connectivity index (χ3n) is 4.67. The number of hydrogen-bond acceptors (Lipinski definition) is 4. The van der Waals surface area contributed by atoms with Crippen LogP contribution in [0.25, 0.3) is 5.69 Å². The van der Waals surface area contributed by atoms with Gasteiger partial charge in [-0.3, -0.25) is 4.79 Å². The van der Waals surface area contributed by atoms with Crippen LogP contribution in [0.5, 0.6) is 0 Å². The highest BCUT2D eigenvalue weighted by Gasteiger charge is 2.30. The monoisotopic (exact) mass is 405 g/mol. The molecule has 2 aromatic rings. The second-order valence-electron chi connectivity index (χ2n) is 7.17. The van der Waals surface area contributed by atoms with E-state index < -0.39 is 10.0 Å². The van der Waals surface area contributed by atoms with E-state index in [1.165, 1.54) is 4.31 Å². The Hall–Kier alpha value is -2.16.